The fourth-order valence-electron chi connectivity index (χ4n) is 2.49. The lowest BCUT2D eigenvalue weighted by atomic mass is 10.0. The van der Waals surface area contributed by atoms with E-state index in [0.29, 0.717) is 6.92 Å². The fraction of sp³-hybridized carbons (Fsp3) is 0.429. The number of aromatic nitrogens is 3. The van der Waals surface area contributed by atoms with Gasteiger partial charge < -0.3 is 5.11 Å². The van der Waals surface area contributed by atoms with Crippen LogP contribution in [0, 0.1) is 0 Å². The van der Waals surface area contributed by atoms with Crippen LogP contribution in [-0.2, 0) is 0 Å². The lowest BCUT2D eigenvalue weighted by molar-refractivity contribution is -0.0992. The molecule has 0 fully saturated rings. The molecule has 0 radical (unpaired) electrons. The van der Waals surface area contributed by atoms with Gasteiger partial charge in [-0.3, -0.25) is 0 Å². The number of alkyl halides is 3. The summed E-state index contributed by atoms with van der Waals surface area (Å²) in [7, 11) is 0. The van der Waals surface area contributed by atoms with Crippen LogP contribution in [0.15, 0.2) is 30.3 Å². The second kappa shape index (κ2) is 4.84. The molecule has 0 amide bonds. The molecule has 7 heteroatoms. The van der Waals surface area contributed by atoms with Crippen LogP contribution in [-0.4, -0.2) is 25.8 Å². The molecule has 1 aliphatic rings. The fourth-order valence-corrected chi connectivity index (χ4v) is 2.49. The molecule has 3 rings (SSSR count). The number of hydrogen-bond donors (Lipinski definition) is 1. The molecule has 0 saturated heterocycles. The summed E-state index contributed by atoms with van der Waals surface area (Å²) < 4.78 is 41.6. The zero-order valence-electron chi connectivity index (χ0n) is 11.2. The third kappa shape index (κ3) is 2.42. The summed E-state index contributed by atoms with van der Waals surface area (Å²) in [4.78, 5) is 3.76. The van der Waals surface area contributed by atoms with E-state index >= 15 is 0 Å². The molecule has 0 aliphatic carbocycles. The highest BCUT2D eigenvalue weighted by molar-refractivity contribution is 5.23. The Morgan fingerprint density at radius 1 is 1.33 bits per heavy atom. The second-order valence-corrected chi connectivity index (χ2v) is 5.26. The molecule has 3 unspecified atom stereocenters. The lowest BCUT2D eigenvalue weighted by Crippen LogP contribution is -2.23. The van der Waals surface area contributed by atoms with Crippen LogP contribution in [0.2, 0.25) is 0 Å². The average molecular weight is 297 g/mol. The van der Waals surface area contributed by atoms with E-state index in [0.717, 1.165) is 5.56 Å². The molecule has 3 atom stereocenters. The monoisotopic (exact) mass is 297 g/mol. The van der Waals surface area contributed by atoms with E-state index in [2.05, 4.69) is 10.1 Å². The maximum absolute atomic E-state index is 14.0. The van der Waals surface area contributed by atoms with E-state index in [1.165, 1.54) is 4.68 Å². The summed E-state index contributed by atoms with van der Waals surface area (Å²) in [5.41, 5.74) is 0.827. The van der Waals surface area contributed by atoms with Gasteiger partial charge in [0.25, 0.3) is 5.92 Å². The largest absolute Gasteiger partial charge is 0.379 e. The maximum Gasteiger partial charge on any atom is 0.278 e. The van der Waals surface area contributed by atoms with Crippen LogP contribution in [0.25, 0.3) is 0 Å². The number of benzene rings is 1. The quantitative estimate of drug-likeness (QED) is 0.947. The maximum atomic E-state index is 14.0. The van der Waals surface area contributed by atoms with Gasteiger partial charge in [-0.05, 0) is 5.56 Å². The van der Waals surface area contributed by atoms with Crippen molar-refractivity contribution in [2.24, 2.45) is 0 Å². The molecule has 112 valence electrons. The Labute approximate surface area is 119 Å². The van der Waals surface area contributed by atoms with Gasteiger partial charge >= 0.3 is 0 Å². The average Bonchev–Trinajstić information content (AvgIpc) is 2.99. The van der Waals surface area contributed by atoms with Crippen molar-refractivity contribution in [2.75, 3.05) is 0 Å². The molecule has 1 aromatic carbocycles. The number of aliphatic hydroxyl groups is 1. The van der Waals surface area contributed by atoms with Crippen molar-refractivity contribution < 1.29 is 18.3 Å². The number of nitrogens with zero attached hydrogens (tertiary/aromatic N) is 3. The predicted octanol–water partition coefficient (Wildman–Crippen LogP) is 2.97. The molecular formula is C14H14F3N3O. The van der Waals surface area contributed by atoms with Crippen LogP contribution in [0.1, 0.15) is 48.9 Å². The molecule has 1 N–H and O–H groups in total. The Hall–Kier alpha value is -1.89. The topological polar surface area (TPSA) is 50.9 Å². The molecule has 2 aromatic rings. The third-order valence-corrected chi connectivity index (χ3v) is 3.59. The standard InChI is InChI=1S/C14H14F3N3O/c1-14(16,17)11(21)12-18-13-9(15)7-10(20(13)19-12)8-5-3-2-4-6-8/h2-6,9-11,21H,7H2,1H3. The molecule has 4 nitrogen and oxygen atoms in total. The van der Waals surface area contributed by atoms with Crippen molar-refractivity contribution in [3.05, 3.63) is 47.5 Å². The van der Waals surface area contributed by atoms with Crippen molar-refractivity contribution in [3.8, 4) is 0 Å². The number of hydrogen-bond acceptors (Lipinski definition) is 3. The van der Waals surface area contributed by atoms with Crippen LogP contribution in [0.5, 0.6) is 0 Å². The highest BCUT2D eigenvalue weighted by Gasteiger charge is 2.41. The van der Waals surface area contributed by atoms with Crippen molar-refractivity contribution in [1.29, 1.82) is 0 Å². The second-order valence-electron chi connectivity index (χ2n) is 5.26. The molecule has 2 heterocycles. The molecule has 0 bridgehead atoms. The van der Waals surface area contributed by atoms with Crippen LogP contribution >= 0.6 is 0 Å². The number of rotatable bonds is 3. The Morgan fingerprint density at radius 3 is 2.62 bits per heavy atom. The summed E-state index contributed by atoms with van der Waals surface area (Å²) in [6.07, 6.45) is -3.36. The summed E-state index contributed by atoms with van der Waals surface area (Å²) in [5, 5.41) is 13.4. The summed E-state index contributed by atoms with van der Waals surface area (Å²) in [6.45, 7) is 0.575. The van der Waals surface area contributed by atoms with Gasteiger partial charge in [0.05, 0.1) is 6.04 Å². The third-order valence-electron chi connectivity index (χ3n) is 3.59. The van der Waals surface area contributed by atoms with Gasteiger partial charge in [0.15, 0.2) is 23.9 Å². The van der Waals surface area contributed by atoms with E-state index in [1.54, 1.807) is 0 Å². The molecule has 0 spiro atoms. The van der Waals surface area contributed by atoms with Crippen molar-refractivity contribution in [2.45, 2.75) is 37.6 Å². The lowest BCUT2D eigenvalue weighted by Gasteiger charge is -2.15. The Kier molecular flexibility index (Phi) is 3.24. The van der Waals surface area contributed by atoms with Gasteiger partial charge in [-0.1, -0.05) is 30.3 Å². The molecular weight excluding hydrogens is 283 g/mol. The number of aliphatic hydroxyl groups excluding tert-OH is 1. The van der Waals surface area contributed by atoms with E-state index in [-0.39, 0.29) is 12.2 Å². The smallest absolute Gasteiger partial charge is 0.278 e. The first-order valence-electron chi connectivity index (χ1n) is 6.59. The van der Waals surface area contributed by atoms with Crippen LogP contribution in [0.4, 0.5) is 13.2 Å². The van der Waals surface area contributed by atoms with Crippen molar-refractivity contribution in [3.63, 3.8) is 0 Å². The number of fused-ring (bicyclic) bond motifs is 1. The summed E-state index contributed by atoms with van der Waals surface area (Å²) in [6, 6.07) is 8.70. The highest BCUT2D eigenvalue weighted by atomic mass is 19.3. The van der Waals surface area contributed by atoms with E-state index < -0.39 is 30.1 Å². The van der Waals surface area contributed by atoms with Gasteiger partial charge in [-0.15, -0.1) is 0 Å². The zero-order valence-corrected chi connectivity index (χ0v) is 11.2. The van der Waals surface area contributed by atoms with Crippen molar-refractivity contribution in [1.82, 2.24) is 14.8 Å². The van der Waals surface area contributed by atoms with E-state index in [9.17, 15) is 18.3 Å². The Bertz CT molecular complexity index is 639. The number of halogens is 3. The minimum atomic E-state index is -3.38. The highest BCUT2D eigenvalue weighted by Crippen LogP contribution is 2.40. The van der Waals surface area contributed by atoms with Gasteiger partial charge in [-0.2, -0.15) is 5.10 Å². The zero-order chi connectivity index (χ0) is 15.2. The van der Waals surface area contributed by atoms with Crippen LogP contribution < -0.4 is 0 Å². The Morgan fingerprint density at radius 2 is 2.00 bits per heavy atom. The van der Waals surface area contributed by atoms with E-state index in [4.69, 9.17) is 0 Å². The molecule has 0 saturated carbocycles. The molecule has 1 aromatic heterocycles. The predicted molar refractivity (Wildman–Crippen MR) is 68.6 cm³/mol. The first-order valence-corrected chi connectivity index (χ1v) is 6.59. The molecule has 1 aliphatic heterocycles. The minimum Gasteiger partial charge on any atom is -0.379 e. The molecule has 21 heavy (non-hydrogen) atoms. The Balaban J connectivity index is 1.99. The van der Waals surface area contributed by atoms with E-state index in [1.807, 2.05) is 30.3 Å². The minimum absolute atomic E-state index is 0.0119. The first-order chi connectivity index (χ1) is 9.88. The van der Waals surface area contributed by atoms with Gasteiger partial charge in [-0.25, -0.2) is 22.8 Å². The van der Waals surface area contributed by atoms with Crippen molar-refractivity contribution >= 4 is 0 Å². The van der Waals surface area contributed by atoms with Gasteiger partial charge in [0.2, 0.25) is 0 Å². The SMILES string of the molecule is CC(F)(F)C(O)c1nc2n(n1)C(c1ccccc1)CC2F. The van der Waals surface area contributed by atoms with Gasteiger partial charge in [0, 0.05) is 13.3 Å². The summed E-state index contributed by atoms with van der Waals surface area (Å²) in [5.74, 6) is -3.83. The normalized spacial score (nSPS) is 23.1. The first kappa shape index (κ1) is 14.1. The summed E-state index contributed by atoms with van der Waals surface area (Å²) >= 11 is 0. The van der Waals surface area contributed by atoms with Gasteiger partial charge in [0.1, 0.15) is 0 Å². The van der Waals surface area contributed by atoms with Crippen LogP contribution in [0.3, 0.4) is 0 Å².